The summed E-state index contributed by atoms with van der Waals surface area (Å²) in [5.74, 6) is 0.772. The number of hydrogen-bond donors (Lipinski definition) is 1. The number of nitrogens with zero attached hydrogens (tertiary/aromatic N) is 1. The van der Waals surface area contributed by atoms with Crippen molar-refractivity contribution in [1.29, 1.82) is 0 Å². The van der Waals surface area contributed by atoms with Crippen LogP contribution in [-0.4, -0.2) is 41.8 Å². The smallest absolute Gasteiger partial charge is 0.227 e. The zero-order valence-corrected chi connectivity index (χ0v) is 16.0. The molecule has 2 heterocycles. The summed E-state index contributed by atoms with van der Waals surface area (Å²) in [7, 11) is 1.61. The van der Waals surface area contributed by atoms with Gasteiger partial charge in [0.15, 0.2) is 5.78 Å². The molecule has 0 bridgehead atoms. The zero-order valence-electron chi connectivity index (χ0n) is 16.0. The molecule has 28 heavy (non-hydrogen) atoms. The summed E-state index contributed by atoms with van der Waals surface area (Å²) in [5.41, 5.74) is 2.72. The highest BCUT2D eigenvalue weighted by molar-refractivity contribution is 5.98. The van der Waals surface area contributed by atoms with Crippen LogP contribution in [0.1, 0.15) is 28.8 Å². The monoisotopic (exact) mass is 376 g/mol. The fourth-order valence-electron chi connectivity index (χ4n) is 3.96. The molecule has 5 nitrogen and oxygen atoms in total. The second kappa shape index (κ2) is 7.89. The third kappa shape index (κ3) is 3.65. The quantitative estimate of drug-likeness (QED) is 0.688. The van der Waals surface area contributed by atoms with Crippen molar-refractivity contribution in [1.82, 2.24) is 9.88 Å². The number of benzene rings is 2. The Balaban J connectivity index is 1.44. The van der Waals surface area contributed by atoms with Gasteiger partial charge in [-0.15, -0.1) is 0 Å². The Morgan fingerprint density at radius 2 is 1.93 bits per heavy atom. The first-order chi connectivity index (χ1) is 13.7. The van der Waals surface area contributed by atoms with Gasteiger partial charge in [0.2, 0.25) is 5.91 Å². The van der Waals surface area contributed by atoms with E-state index in [0.29, 0.717) is 25.1 Å². The van der Waals surface area contributed by atoms with Crippen LogP contribution in [0.5, 0.6) is 5.75 Å². The Morgan fingerprint density at radius 1 is 1.14 bits per heavy atom. The molecule has 1 saturated heterocycles. The number of ketones is 1. The van der Waals surface area contributed by atoms with Crippen LogP contribution in [0, 0.1) is 5.92 Å². The number of methoxy groups -OCH3 is 1. The second-order valence-electron chi connectivity index (χ2n) is 7.31. The zero-order chi connectivity index (χ0) is 19.5. The first-order valence-corrected chi connectivity index (χ1v) is 9.67. The lowest BCUT2D eigenvalue weighted by atomic mass is 9.89. The average Bonchev–Trinajstić information content (AvgIpc) is 3.16. The van der Waals surface area contributed by atoms with Gasteiger partial charge in [-0.25, -0.2) is 0 Å². The largest absolute Gasteiger partial charge is 0.497 e. The maximum absolute atomic E-state index is 12.9. The summed E-state index contributed by atoms with van der Waals surface area (Å²) < 4.78 is 5.16. The molecule has 0 radical (unpaired) electrons. The molecule has 2 aromatic carbocycles. The number of ether oxygens (including phenoxy) is 1. The Hall–Kier alpha value is -3.08. The van der Waals surface area contributed by atoms with Crippen molar-refractivity contribution >= 4 is 22.6 Å². The molecule has 4 rings (SSSR count). The second-order valence-corrected chi connectivity index (χ2v) is 7.31. The number of Topliss-reactive ketones (excluding diaryl/α,β-unsaturated/α-hetero) is 1. The number of aromatic amines is 1. The van der Waals surface area contributed by atoms with Crippen molar-refractivity contribution in [2.24, 2.45) is 5.92 Å². The summed E-state index contributed by atoms with van der Waals surface area (Å²) in [4.78, 5) is 30.8. The summed E-state index contributed by atoms with van der Waals surface area (Å²) in [5, 5.41) is 1.08. The Morgan fingerprint density at radius 3 is 2.71 bits per heavy atom. The number of aromatic nitrogens is 1. The normalized spacial score (nSPS) is 16.9. The first-order valence-electron chi connectivity index (χ1n) is 9.67. The van der Waals surface area contributed by atoms with Crippen molar-refractivity contribution in [3.8, 4) is 5.75 Å². The molecule has 0 aliphatic carbocycles. The molecule has 1 aliphatic rings. The number of para-hydroxylation sites is 1. The van der Waals surface area contributed by atoms with Gasteiger partial charge in [0.25, 0.3) is 0 Å². The SMILES string of the molecule is COc1ccc(C(=O)C2CCCN(C(=O)Cc3c[nH]c4ccccc34)C2)cc1. The number of carbonyl (C=O) groups is 2. The highest BCUT2D eigenvalue weighted by Crippen LogP contribution is 2.24. The molecular weight excluding hydrogens is 352 g/mol. The van der Waals surface area contributed by atoms with Gasteiger partial charge in [0, 0.05) is 41.7 Å². The minimum atomic E-state index is -0.144. The van der Waals surface area contributed by atoms with Gasteiger partial charge in [-0.3, -0.25) is 9.59 Å². The van der Waals surface area contributed by atoms with Crippen molar-refractivity contribution in [2.45, 2.75) is 19.3 Å². The first kappa shape index (κ1) is 18.3. The molecule has 1 N–H and O–H groups in total. The predicted molar refractivity (Wildman–Crippen MR) is 109 cm³/mol. The van der Waals surface area contributed by atoms with Crippen molar-refractivity contribution in [3.63, 3.8) is 0 Å². The number of likely N-dealkylation sites (tertiary alicyclic amines) is 1. The summed E-state index contributed by atoms with van der Waals surface area (Å²) in [6.07, 6.45) is 3.94. The van der Waals surface area contributed by atoms with E-state index in [2.05, 4.69) is 4.98 Å². The van der Waals surface area contributed by atoms with Crippen molar-refractivity contribution in [2.75, 3.05) is 20.2 Å². The number of amides is 1. The standard InChI is InChI=1S/C23H24N2O3/c1-28-19-10-8-16(9-11-19)23(27)17-5-4-12-25(15-17)22(26)13-18-14-24-21-7-3-2-6-20(18)21/h2-3,6-11,14,17,24H,4-5,12-13,15H2,1H3. The molecule has 1 aromatic heterocycles. The van der Waals surface area contributed by atoms with E-state index in [1.54, 1.807) is 31.4 Å². The topological polar surface area (TPSA) is 62.4 Å². The Bertz CT molecular complexity index is 991. The third-order valence-electron chi connectivity index (χ3n) is 5.54. The number of H-pyrrole nitrogens is 1. The molecule has 1 fully saturated rings. The minimum Gasteiger partial charge on any atom is -0.497 e. The average molecular weight is 376 g/mol. The molecule has 1 aliphatic heterocycles. The third-order valence-corrected chi connectivity index (χ3v) is 5.54. The summed E-state index contributed by atoms with van der Waals surface area (Å²) >= 11 is 0. The molecule has 5 heteroatoms. The predicted octanol–water partition coefficient (Wildman–Crippen LogP) is 3.84. The molecule has 3 aromatic rings. The fraction of sp³-hybridized carbons (Fsp3) is 0.304. The van der Waals surface area contributed by atoms with E-state index in [4.69, 9.17) is 4.74 Å². The van der Waals surface area contributed by atoms with Crippen LogP contribution in [0.4, 0.5) is 0 Å². The molecule has 144 valence electrons. The number of piperidine rings is 1. The van der Waals surface area contributed by atoms with Gasteiger partial charge in [-0.1, -0.05) is 18.2 Å². The molecule has 1 atom stereocenters. The molecule has 0 saturated carbocycles. The number of hydrogen-bond acceptors (Lipinski definition) is 3. The number of carbonyl (C=O) groups excluding carboxylic acids is 2. The van der Waals surface area contributed by atoms with Gasteiger partial charge in [-0.05, 0) is 48.7 Å². The maximum Gasteiger partial charge on any atom is 0.227 e. The highest BCUT2D eigenvalue weighted by atomic mass is 16.5. The molecule has 1 amide bonds. The molecule has 0 spiro atoms. The van der Waals surface area contributed by atoms with Crippen LogP contribution in [0.3, 0.4) is 0 Å². The lowest BCUT2D eigenvalue weighted by Gasteiger charge is -2.32. The van der Waals surface area contributed by atoms with Gasteiger partial charge in [-0.2, -0.15) is 0 Å². The van der Waals surface area contributed by atoms with Crippen LogP contribution >= 0.6 is 0 Å². The van der Waals surface area contributed by atoms with Crippen LogP contribution in [0.25, 0.3) is 10.9 Å². The lowest BCUT2D eigenvalue weighted by molar-refractivity contribution is -0.131. The van der Waals surface area contributed by atoms with E-state index in [-0.39, 0.29) is 17.6 Å². The van der Waals surface area contributed by atoms with E-state index < -0.39 is 0 Å². The van der Waals surface area contributed by atoms with E-state index in [1.165, 1.54) is 0 Å². The van der Waals surface area contributed by atoms with Crippen LogP contribution in [-0.2, 0) is 11.2 Å². The number of nitrogens with one attached hydrogen (secondary N) is 1. The number of rotatable bonds is 5. The minimum absolute atomic E-state index is 0.0805. The van der Waals surface area contributed by atoms with Gasteiger partial charge in [0.05, 0.1) is 13.5 Å². The maximum atomic E-state index is 12.9. The van der Waals surface area contributed by atoms with Crippen molar-refractivity contribution in [3.05, 3.63) is 65.9 Å². The van der Waals surface area contributed by atoms with Gasteiger partial charge in [0.1, 0.15) is 5.75 Å². The van der Waals surface area contributed by atoms with E-state index in [0.717, 1.165) is 35.1 Å². The number of fused-ring (bicyclic) bond motifs is 1. The van der Waals surface area contributed by atoms with Gasteiger partial charge < -0.3 is 14.6 Å². The van der Waals surface area contributed by atoms with E-state index in [9.17, 15) is 9.59 Å². The summed E-state index contributed by atoms with van der Waals surface area (Å²) in [6.45, 7) is 1.21. The fourth-order valence-corrected chi connectivity index (χ4v) is 3.96. The van der Waals surface area contributed by atoms with Crippen LogP contribution in [0.2, 0.25) is 0 Å². The van der Waals surface area contributed by atoms with E-state index >= 15 is 0 Å². The molecular formula is C23H24N2O3. The van der Waals surface area contributed by atoms with Gasteiger partial charge >= 0.3 is 0 Å². The Labute approximate surface area is 164 Å². The lowest BCUT2D eigenvalue weighted by Crippen LogP contribution is -2.43. The van der Waals surface area contributed by atoms with Crippen LogP contribution < -0.4 is 4.74 Å². The highest BCUT2D eigenvalue weighted by Gasteiger charge is 2.29. The van der Waals surface area contributed by atoms with Crippen LogP contribution in [0.15, 0.2) is 54.7 Å². The molecule has 1 unspecified atom stereocenters. The van der Waals surface area contributed by atoms with E-state index in [1.807, 2.05) is 35.4 Å². The Kier molecular flexibility index (Phi) is 5.15. The van der Waals surface area contributed by atoms with Crippen molar-refractivity contribution < 1.29 is 14.3 Å². The summed E-state index contributed by atoms with van der Waals surface area (Å²) in [6, 6.07) is 15.2.